The van der Waals surface area contributed by atoms with Gasteiger partial charge in [0.15, 0.2) is 0 Å². The van der Waals surface area contributed by atoms with Crippen LogP contribution in [0.2, 0.25) is 0 Å². The lowest BCUT2D eigenvalue weighted by Gasteiger charge is -2.21. The summed E-state index contributed by atoms with van der Waals surface area (Å²) in [6.45, 7) is 7.53. The van der Waals surface area contributed by atoms with Gasteiger partial charge >= 0.3 is 6.09 Å². The average molecular weight is 499 g/mol. The summed E-state index contributed by atoms with van der Waals surface area (Å²) in [5.41, 5.74) is 5.12. The van der Waals surface area contributed by atoms with Crippen LogP contribution in [0.15, 0.2) is 84.2 Å². The molecule has 0 atom stereocenters. The van der Waals surface area contributed by atoms with Crippen molar-refractivity contribution >= 4 is 34.7 Å². The van der Waals surface area contributed by atoms with E-state index in [2.05, 4.69) is 29.7 Å². The van der Waals surface area contributed by atoms with Crippen molar-refractivity contribution in [3.63, 3.8) is 0 Å². The van der Waals surface area contributed by atoms with Gasteiger partial charge in [-0.05, 0) is 85.2 Å². The van der Waals surface area contributed by atoms with Crippen LogP contribution < -0.4 is 10.6 Å². The van der Waals surface area contributed by atoms with Crippen LogP contribution in [0, 0.1) is 0 Å². The van der Waals surface area contributed by atoms with Gasteiger partial charge in [0.2, 0.25) is 0 Å². The number of thiophene rings is 1. The lowest BCUT2D eigenvalue weighted by atomic mass is 9.96. The van der Waals surface area contributed by atoms with E-state index in [1.165, 1.54) is 5.56 Å². The van der Waals surface area contributed by atoms with E-state index in [0.717, 1.165) is 28.0 Å². The van der Waals surface area contributed by atoms with Crippen LogP contribution in [0.5, 0.6) is 0 Å². The van der Waals surface area contributed by atoms with E-state index in [0.29, 0.717) is 16.9 Å². The van der Waals surface area contributed by atoms with Gasteiger partial charge < -0.3 is 10.1 Å². The third-order valence-corrected chi connectivity index (χ3v) is 6.46. The molecule has 4 rings (SSSR count). The number of amides is 2. The molecule has 5 nitrogen and oxygen atoms in total. The van der Waals surface area contributed by atoms with E-state index >= 15 is 0 Å². The van der Waals surface area contributed by atoms with Crippen LogP contribution in [0.4, 0.5) is 16.2 Å². The molecule has 1 aromatic heterocycles. The van der Waals surface area contributed by atoms with Gasteiger partial charge in [-0.25, -0.2) is 4.79 Å². The number of hydrogen-bond acceptors (Lipinski definition) is 4. The fourth-order valence-electron chi connectivity index (χ4n) is 3.90. The Morgan fingerprint density at radius 2 is 1.64 bits per heavy atom. The summed E-state index contributed by atoms with van der Waals surface area (Å²) in [6.07, 6.45) is 0.321. The molecule has 0 bridgehead atoms. The highest BCUT2D eigenvalue weighted by Crippen LogP contribution is 2.33. The minimum absolute atomic E-state index is 0.263. The van der Waals surface area contributed by atoms with Crippen molar-refractivity contribution in [2.24, 2.45) is 0 Å². The highest BCUT2D eigenvalue weighted by atomic mass is 32.1. The fourth-order valence-corrected chi connectivity index (χ4v) is 4.62. The molecule has 184 valence electrons. The van der Waals surface area contributed by atoms with Gasteiger partial charge in [0.05, 0.1) is 11.4 Å². The zero-order chi connectivity index (χ0) is 25.7. The topological polar surface area (TPSA) is 67.4 Å². The number of hydrogen-bond donors (Lipinski definition) is 2. The van der Waals surface area contributed by atoms with Crippen LogP contribution in [-0.2, 0) is 11.2 Å². The predicted octanol–water partition coefficient (Wildman–Crippen LogP) is 8.24. The summed E-state index contributed by atoms with van der Waals surface area (Å²) in [5, 5.41) is 7.78. The van der Waals surface area contributed by atoms with Crippen molar-refractivity contribution in [1.29, 1.82) is 0 Å². The van der Waals surface area contributed by atoms with Crippen molar-refractivity contribution in [3.05, 3.63) is 95.4 Å². The molecule has 0 spiro atoms. The molecular weight excluding hydrogens is 468 g/mol. The second-order valence-corrected chi connectivity index (χ2v) is 10.4. The van der Waals surface area contributed by atoms with Gasteiger partial charge in [-0.2, -0.15) is 0 Å². The standard InChI is InChI=1S/C30H30N2O3S/c1-5-20-10-6-7-13-24(20)21-11-8-12-23(18-21)28(33)31-26-19-22(27-14-9-17-36-27)15-16-25(26)32-29(34)35-30(2,3)4/h6-19H,5H2,1-4H3,(H,31,33)(H,32,34). The van der Waals surface area contributed by atoms with E-state index < -0.39 is 11.7 Å². The van der Waals surface area contributed by atoms with Gasteiger partial charge in [-0.15, -0.1) is 11.3 Å². The van der Waals surface area contributed by atoms with Crippen molar-refractivity contribution in [3.8, 4) is 21.6 Å². The molecule has 2 N–H and O–H groups in total. The number of ether oxygens (including phenoxy) is 1. The van der Waals surface area contributed by atoms with Crippen LogP contribution >= 0.6 is 11.3 Å². The Balaban J connectivity index is 1.64. The van der Waals surface area contributed by atoms with E-state index in [-0.39, 0.29) is 5.91 Å². The molecule has 0 saturated carbocycles. The molecule has 36 heavy (non-hydrogen) atoms. The summed E-state index contributed by atoms with van der Waals surface area (Å²) in [4.78, 5) is 26.9. The van der Waals surface area contributed by atoms with E-state index in [4.69, 9.17) is 4.74 Å². The first kappa shape index (κ1) is 25.2. The number of nitrogens with one attached hydrogen (secondary N) is 2. The van der Waals surface area contributed by atoms with Crippen molar-refractivity contribution in [2.75, 3.05) is 10.6 Å². The SMILES string of the molecule is CCc1ccccc1-c1cccc(C(=O)Nc2cc(-c3cccs3)ccc2NC(=O)OC(C)(C)C)c1. The van der Waals surface area contributed by atoms with E-state index in [9.17, 15) is 9.59 Å². The van der Waals surface area contributed by atoms with E-state index in [1.807, 2.05) is 60.0 Å². The number of benzene rings is 3. The Bertz CT molecular complexity index is 1370. The lowest BCUT2D eigenvalue weighted by molar-refractivity contribution is 0.0635. The molecule has 0 aliphatic carbocycles. The monoisotopic (exact) mass is 498 g/mol. The van der Waals surface area contributed by atoms with Crippen molar-refractivity contribution in [1.82, 2.24) is 0 Å². The van der Waals surface area contributed by atoms with Crippen molar-refractivity contribution < 1.29 is 14.3 Å². The average Bonchev–Trinajstić information content (AvgIpc) is 3.39. The van der Waals surface area contributed by atoms with Crippen LogP contribution in [0.25, 0.3) is 21.6 Å². The van der Waals surface area contributed by atoms with Crippen LogP contribution in [-0.4, -0.2) is 17.6 Å². The lowest BCUT2D eigenvalue weighted by Crippen LogP contribution is -2.27. The van der Waals surface area contributed by atoms with Crippen LogP contribution in [0.3, 0.4) is 0 Å². The van der Waals surface area contributed by atoms with Gasteiger partial charge in [-0.1, -0.05) is 55.5 Å². The molecule has 1 heterocycles. The maximum absolute atomic E-state index is 13.4. The Hall–Kier alpha value is -3.90. The van der Waals surface area contributed by atoms with Gasteiger partial charge in [-0.3, -0.25) is 10.1 Å². The second-order valence-electron chi connectivity index (χ2n) is 9.41. The van der Waals surface area contributed by atoms with E-state index in [1.54, 1.807) is 44.2 Å². The van der Waals surface area contributed by atoms with Gasteiger partial charge in [0.25, 0.3) is 5.91 Å². The first-order chi connectivity index (χ1) is 17.2. The maximum Gasteiger partial charge on any atom is 0.412 e. The smallest absolute Gasteiger partial charge is 0.412 e. The minimum Gasteiger partial charge on any atom is -0.444 e. The molecule has 3 aromatic carbocycles. The molecule has 0 fully saturated rings. The summed E-state index contributed by atoms with van der Waals surface area (Å²) >= 11 is 1.61. The molecule has 0 unspecified atom stereocenters. The normalized spacial score (nSPS) is 11.1. The third-order valence-electron chi connectivity index (χ3n) is 5.54. The Kier molecular flexibility index (Phi) is 7.55. The van der Waals surface area contributed by atoms with Crippen LogP contribution in [0.1, 0.15) is 43.6 Å². The molecule has 0 radical (unpaired) electrons. The zero-order valence-corrected chi connectivity index (χ0v) is 21.7. The largest absolute Gasteiger partial charge is 0.444 e. The quantitative estimate of drug-likeness (QED) is 0.281. The third kappa shape index (κ3) is 6.20. The molecular formula is C30H30N2O3S. The summed E-state index contributed by atoms with van der Waals surface area (Å²) in [6, 6.07) is 25.3. The minimum atomic E-state index is -0.639. The molecule has 0 aliphatic rings. The van der Waals surface area contributed by atoms with Crippen molar-refractivity contribution in [2.45, 2.75) is 39.7 Å². The molecule has 4 aromatic rings. The first-order valence-electron chi connectivity index (χ1n) is 11.9. The Morgan fingerprint density at radius 1 is 0.833 bits per heavy atom. The molecule has 2 amide bonds. The summed E-state index contributed by atoms with van der Waals surface area (Å²) in [5.74, 6) is -0.263. The highest BCUT2D eigenvalue weighted by Gasteiger charge is 2.19. The number of carbonyl (C=O) groups is 2. The number of carbonyl (C=O) groups excluding carboxylic acids is 2. The Morgan fingerprint density at radius 3 is 2.36 bits per heavy atom. The first-order valence-corrected chi connectivity index (χ1v) is 12.8. The number of anilines is 2. The number of rotatable bonds is 6. The summed E-state index contributed by atoms with van der Waals surface area (Å²) in [7, 11) is 0. The van der Waals surface area contributed by atoms with Gasteiger partial charge in [0, 0.05) is 10.4 Å². The summed E-state index contributed by atoms with van der Waals surface area (Å²) < 4.78 is 5.41. The second kappa shape index (κ2) is 10.8. The predicted molar refractivity (Wildman–Crippen MR) is 149 cm³/mol. The molecule has 0 saturated heterocycles. The Labute approximate surface area is 216 Å². The van der Waals surface area contributed by atoms with Gasteiger partial charge in [0.1, 0.15) is 5.60 Å². The maximum atomic E-state index is 13.4. The zero-order valence-electron chi connectivity index (χ0n) is 20.9. The molecule has 0 aliphatic heterocycles. The number of aryl methyl sites for hydroxylation is 1. The molecule has 6 heteroatoms. The fraction of sp³-hybridized carbons (Fsp3) is 0.200. The highest BCUT2D eigenvalue weighted by molar-refractivity contribution is 7.13.